The average molecular weight is 190 g/mol. The van der Waals surface area contributed by atoms with Gasteiger partial charge in [0.15, 0.2) is 0 Å². The molecule has 0 saturated heterocycles. The molecule has 0 amide bonds. The first kappa shape index (κ1) is 9.09. The summed E-state index contributed by atoms with van der Waals surface area (Å²) in [6, 6.07) is 4.85. The number of benzene rings is 1. The Hall–Kier alpha value is -1.48. The molecule has 0 saturated carbocycles. The molecule has 0 aliphatic carbocycles. The van der Waals surface area contributed by atoms with E-state index >= 15 is 0 Å². The van der Waals surface area contributed by atoms with E-state index in [0.717, 1.165) is 10.9 Å². The largest absolute Gasteiger partial charge is 0.324 e. The molecule has 72 valence electrons. The van der Waals surface area contributed by atoms with Gasteiger partial charge < -0.3 is 5.73 Å². The van der Waals surface area contributed by atoms with Gasteiger partial charge in [0, 0.05) is 23.8 Å². The topological polar surface area (TPSA) is 38.9 Å². The predicted octanol–water partition coefficient (Wildman–Crippen LogP) is 2.39. The number of hydrogen-bond acceptors (Lipinski definition) is 2. The third-order valence-corrected chi connectivity index (χ3v) is 2.29. The second-order valence-electron chi connectivity index (χ2n) is 3.35. The summed E-state index contributed by atoms with van der Waals surface area (Å²) < 4.78 is 13.3. The summed E-state index contributed by atoms with van der Waals surface area (Å²) in [5, 5.41) is 1.37. The smallest absolute Gasteiger partial charge is 0.132 e. The average Bonchev–Trinajstić information content (AvgIpc) is 2.18. The predicted molar refractivity (Wildman–Crippen MR) is 54.3 cm³/mol. The van der Waals surface area contributed by atoms with Crippen LogP contribution in [0.5, 0.6) is 0 Å². The van der Waals surface area contributed by atoms with Gasteiger partial charge in [0.25, 0.3) is 0 Å². The van der Waals surface area contributed by atoms with Crippen LogP contribution >= 0.6 is 0 Å². The fourth-order valence-electron chi connectivity index (χ4n) is 1.58. The molecule has 1 unspecified atom stereocenters. The molecule has 3 heteroatoms. The van der Waals surface area contributed by atoms with E-state index in [1.165, 1.54) is 12.3 Å². The molecular formula is C11H11FN2. The standard InChI is InChI=1S/C11H11FN2/c1-7(13)8-2-3-11(12)10-6-14-5-4-9(8)10/h2-7H,13H2,1H3. The van der Waals surface area contributed by atoms with Crippen LogP contribution in [0.1, 0.15) is 18.5 Å². The first-order chi connectivity index (χ1) is 6.70. The van der Waals surface area contributed by atoms with Crippen molar-refractivity contribution < 1.29 is 4.39 Å². The Morgan fingerprint density at radius 1 is 1.29 bits per heavy atom. The highest BCUT2D eigenvalue weighted by Crippen LogP contribution is 2.24. The van der Waals surface area contributed by atoms with Crippen LogP contribution in [0.3, 0.4) is 0 Å². The van der Waals surface area contributed by atoms with Gasteiger partial charge in [0.2, 0.25) is 0 Å². The molecular weight excluding hydrogens is 179 g/mol. The molecule has 1 aromatic heterocycles. The maximum absolute atomic E-state index is 13.3. The molecule has 0 spiro atoms. The SMILES string of the molecule is CC(N)c1ccc(F)c2cnccc12. The van der Waals surface area contributed by atoms with E-state index < -0.39 is 0 Å². The van der Waals surface area contributed by atoms with Gasteiger partial charge in [0.05, 0.1) is 0 Å². The minimum absolute atomic E-state index is 0.0968. The first-order valence-corrected chi connectivity index (χ1v) is 4.48. The monoisotopic (exact) mass is 190 g/mol. The molecule has 14 heavy (non-hydrogen) atoms. The Morgan fingerprint density at radius 2 is 2.07 bits per heavy atom. The van der Waals surface area contributed by atoms with Crippen molar-refractivity contribution in [3.63, 3.8) is 0 Å². The van der Waals surface area contributed by atoms with Crippen LogP contribution in [0.15, 0.2) is 30.6 Å². The quantitative estimate of drug-likeness (QED) is 0.749. The second-order valence-corrected chi connectivity index (χ2v) is 3.35. The van der Waals surface area contributed by atoms with Crippen LogP contribution in [-0.2, 0) is 0 Å². The molecule has 0 fully saturated rings. The van der Waals surface area contributed by atoms with Crippen molar-refractivity contribution in [3.8, 4) is 0 Å². The second kappa shape index (κ2) is 3.35. The number of pyridine rings is 1. The first-order valence-electron chi connectivity index (χ1n) is 4.48. The zero-order valence-corrected chi connectivity index (χ0v) is 7.87. The van der Waals surface area contributed by atoms with Crippen molar-refractivity contribution in [1.82, 2.24) is 4.98 Å². The van der Waals surface area contributed by atoms with Crippen LogP contribution in [0.25, 0.3) is 10.8 Å². The van der Waals surface area contributed by atoms with Gasteiger partial charge >= 0.3 is 0 Å². The lowest BCUT2D eigenvalue weighted by Gasteiger charge is -2.09. The molecule has 0 aliphatic heterocycles. The molecule has 2 rings (SSSR count). The zero-order chi connectivity index (χ0) is 10.1. The highest BCUT2D eigenvalue weighted by molar-refractivity contribution is 5.85. The van der Waals surface area contributed by atoms with E-state index in [2.05, 4.69) is 4.98 Å². The number of aromatic nitrogens is 1. The third-order valence-electron chi connectivity index (χ3n) is 2.29. The number of rotatable bonds is 1. The van der Waals surface area contributed by atoms with Gasteiger partial charge in [-0.3, -0.25) is 4.98 Å². The molecule has 1 atom stereocenters. The van der Waals surface area contributed by atoms with Gasteiger partial charge in [0.1, 0.15) is 5.82 Å². The van der Waals surface area contributed by atoms with Crippen molar-refractivity contribution >= 4 is 10.8 Å². The lowest BCUT2D eigenvalue weighted by atomic mass is 10.0. The number of nitrogens with zero attached hydrogens (tertiary/aromatic N) is 1. The van der Waals surface area contributed by atoms with E-state index in [9.17, 15) is 4.39 Å². The summed E-state index contributed by atoms with van der Waals surface area (Å²) >= 11 is 0. The van der Waals surface area contributed by atoms with E-state index in [4.69, 9.17) is 5.73 Å². The Kier molecular flexibility index (Phi) is 2.17. The van der Waals surface area contributed by atoms with Gasteiger partial charge in [-0.25, -0.2) is 4.39 Å². The van der Waals surface area contributed by atoms with Crippen LogP contribution < -0.4 is 5.73 Å². The Morgan fingerprint density at radius 3 is 2.79 bits per heavy atom. The van der Waals surface area contributed by atoms with Crippen LogP contribution in [0, 0.1) is 5.82 Å². The number of fused-ring (bicyclic) bond motifs is 1. The maximum atomic E-state index is 13.3. The normalized spacial score (nSPS) is 13.1. The van der Waals surface area contributed by atoms with Gasteiger partial charge in [-0.05, 0) is 30.0 Å². The van der Waals surface area contributed by atoms with E-state index in [-0.39, 0.29) is 11.9 Å². The minimum Gasteiger partial charge on any atom is -0.324 e. The van der Waals surface area contributed by atoms with Gasteiger partial charge in [-0.2, -0.15) is 0 Å². The van der Waals surface area contributed by atoms with E-state index in [1.807, 2.05) is 6.92 Å². The lowest BCUT2D eigenvalue weighted by molar-refractivity contribution is 0.638. The van der Waals surface area contributed by atoms with Crippen LogP contribution in [0.4, 0.5) is 4.39 Å². The molecule has 1 heterocycles. The summed E-state index contributed by atoms with van der Waals surface area (Å²) in [6.45, 7) is 1.88. The van der Waals surface area contributed by atoms with Crippen molar-refractivity contribution in [2.24, 2.45) is 5.73 Å². The van der Waals surface area contributed by atoms with E-state index in [1.54, 1.807) is 18.3 Å². The zero-order valence-electron chi connectivity index (χ0n) is 7.87. The molecule has 2 aromatic rings. The van der Waals surface area contributed by atoms with Gasteiger partial charge in [-0.1, -0.05) is 6.07 Å². The van der Waals surface area contributed by atoms with Crippen LogP contribution in [-0.4, -0.2) is 4.98 Å². The van der Waals surface area contributed by atoms with Crippen molar-refractivity contribution in [2.45, 2.75) is 13.0 Å². The van der Waals surface area contributed by atoms with Crippen molar-refractivity contribution in [3.05, 3.63) is 42.0 Å². The summed E-state index contributed by atoms with van der Waals surface area (Å²) in [6.07, 6.45) is 3.17. The Labute approximate surface area is 81.6 Å². The third kappa shape index (κ3) is 1.36. The highest BCUT2D eigenvalue weighted by atomic mass is 19.1. The lowest BCUT2D eigenvalue weighted by Crippen LogP contribution is -2.05. The summed E-state index contributed by atoms with van der Waals surface area (Å²) in [5.41, 5.74) is 6.73. The Bertz CT molecular complexity index is 466. The Balaban J connectivity index is 2.82. The fraction of sp³-hybridized carbons (Fsp3) is 0.182. The molecule has 1 aromatic carbocycles. The molecule has 0 radical (unpaired) electrons. The minimum atomic E-state index is -0.252. The van der Waals surface area contributed by atoms with Crippen molar-refractivity contribution in [2.75, 3.05) is 0 Å². The molecule has 2 nitrogen and oxygen atoms in total. The summed E-state index contributed by atoms with van der Waals surface area (Å²) in [4.78, 5) is 3.89. The number of hydrogen-bond donors (Lipinski definition) is 1. The molecule has 0 aliphatic rings. The number of nitrogens with two attached hydrogens (primary N) is 1. The van der Waals surface area contributed by atoms with Crippen molar-refractivity contribution in [1.29, 1.82) is 0 Å². The fourth-order valence-corrected chi connectivity index (χ4v) is 1.58. The maximum Gasteiger partial charge on any atom is 0.132 e. The number of halogens is 1. The van der Waals surface area contributed by atoms with Crippen LogP contribution in [0.2, 0.25) is 0 Å². The summed E-state index contributed by atoms with van der Waals surface area (Å²) in [7, 11) is 0. The highest BCUT2D eigenvalue weighted by Gasteiger charge is 2.07. The van der Waals surface area contributed by atoms with Gasteiger partial charge in [-0.15, -0.1) is 0 Å². The molecule has 0 bridgehead atoms. The summed E-state index contributed by atoms with van der Waals surface area (Å²) in [5.74, 6) is -0.252. The molecule has 2 N–H and O–H groups in total. The van der Waals surface area contributed by atoms with E-state index in [0.29, 0.717) is 5.39 Å².